The Labute approximate surface area is 210 Å². The Morgan fingerprint density at radius 3 is 2.57 bits per heavy atom. The van der Waals surface area contributed by atoms with Crippen LogP contribution < -0.4 is 14.8 Å². The minimum atomic E-state index is -3.79. The monoisotopic (exact) mass is 524 g/mol. The second kappa shape index (κ2) is 9.98. The second-order valence-electron chi connectivity index (χ2n) is 7.37. The summed E-state index contributed by atoms with van der Waals surface area (Å²) in [6, 6.07) is 21.1. The van der Waals surface area contributed by atoms with E-state index in [2.05, 4.69) is 20.0 Å². The van der Waals surface area contributed by atoms with E-state index in [0.717, 1.165) is 16.5 Å². The number of anilines is 3. The molecule has 0 saturated carbocycles. The van der Waals surface area contributed by atoms with Crippen molar-refractivity contribution in [3.63, 3.8) is 0 Å². The number of rotatable bonds is 9. The third-order valence-corrected chi connectivity index (χ3v) is 7.96. The minimum Gasteiger partial charge on any atom is -0.497 e. The average Bonchev–Trinajstić information content (AvgIpc) is 3.49. The fourth-order valence-electron chi connectivity index (χ4n) is 3.20. The number of oxazole rings is 1. The Kier molecular flexibility index (Phi) is 6.62. The van der Waals surface area contributed by atoms with Crippen LogP contribution in [0.3, 0.4) is 0 Å². The van der Waals surface area contributed by atoms with Gasteiger partial charge in [-0.05, 0) is 54.6 Å². The van der Waals surface area contributed by atoms with Gasteiger partial charge < -0.3 is 14.5 Å². The summed E-state index contributed by atoms with van der Waals surface area (Å²) < 4.78 is 39.1. The summed E-state index contributed by atoms with van der Waals surface area (Å²) >= 11 is 2.92. The number of para-hydroxylation sites is 1. The van der Waals surface area contributed by atoms with Crippen LogP contribution in [-0.4, -0.2) is 25.5 Å². The van der Waals surface area contributed by atoms with Crippen LogP contribution in [0, 0.1) is 0 Å². The van der Waals surface area contributed by atoms with Gasteiger partial charge in [0.25, 0.3) is 15.2 Å². The molecule has 0 saturated heterocycles. The quantitative estimate of drug-likeness (QED) is 0.222. The van der Waals surface area contributed by atoms with Crippen LogP contribution in [0.15, 0.2) is 92.7 Å². The zero-order valence-corrected chi connectivity index (χ0v) is 20.9. The molecule has 0 spiro atoms. The maximum absolute atomic E-state index is 12.8. The molecule has 0 atom stereocenters. The number of ether oxygens (including phenoxy) is 1. The highest BCUT2D eigenvalue weighted by Gasteiger charge is 2.17. The lowest BCUT2D eigenvalue weighted by Gasteiger charge is -2.08. The molecule has 0 amide bonds. The third-order valence-electron chi connectivity index (χ3n) is 4.91. The molecule has 2 N–H and O–H groups in total. The number of thiazole rings is 1. The number of aromatic nitrogens is 2. The van der Waals surface area contributed by atoms with Gasteiger partial charge in [0.1, 0.15) is 11.3 Å². The normalized spacial score (nSPS) is 11.5. The fourth-order valence-corrected chi connectivity index (χ4v) is 5.84. The molecule has 0 radical (unpaired) electrons. The van der Waals surface area contributed by atoms with Crippen LogP contribution in [0.4, 0.5) is 16.5 Å². The highest BCUT2D eigenvalue weighted by molar-refractivity contribution is 7.98. The van der Waals surface area contributed by atoms with Gasteiger partial charge in [0.2, 0.25) is 0 Å². The summed E-state index contributed by atoms with van der Waals surface area (Å²) in [5.41, 5.74) is 3.29. The van der Waals surface area contributed by atoms with E-state index < -0.39 is 10.0 Å². The maximum Gasteiger partial charge on any atom is 0.261 e. The highest BCUT2D eigenvalue weighted by atomic mass is 32.2. The van der Waals surface area contributed by atoms with E-state index >= 15 is 0 Å². The number of thioether (sulfide) groups is 1. The maximum atomic E-state index is 12.8. The largest absolute Gasteiger partial charge is 0.497 e. The lowest BCUT2D eigenvalue weighted by atomic mass is 10.3. The van der Waals surface area contributed by atoms with E-state index in [-0.39, 0.29) is 4.90 Å². The van der Waals surface area contributed by atoms with Gasteiger partial charge in [-0.15, -0.1) is 11.3 Å². The van der Waals surface area contributed by atoms with Crippen molar-refractivity contribution in [2.75, 3.05) is 17.1 Å². The van der Waals surface area contributed by atoms with Gasteiger partial charge in [-0.2, -0.15) is 0 Å². The number of nitrogens with zero attached hydrogens (tertiary/aromatic N) is 2. The number of hydrogen-bond donors (Lipinski definition) is 2. The third kappa shape index (κ3) is 5.59. The molecular formula is C24H20N4O4S3. The number of benzene rings is 3. The van der Waals surface area contributed by atoms with Crippen molar-refractivity contribution in [3.8, 4) is 5.75 Å². The summed E-state index contributed by atoms with van der Waals surface area (Å²) in [5.74, 6) is 1.22. The molecule has 178 valence electrons. The van der Waals surface area contributed by atoms with Crippen LogP contribution in [-0.2, 0) is 15.8 Å². The molecule has 8 nitrogen and oxygen atoms in total. The predicted octanol–water partition coefficient (Wildman–Crippen LogP) is 6.13. The molecule has 0 aliphatic heterocycles. The molecule has 2 aromatic heterocycles. The first kappa shape index (κ1) is 23.2. The van der Waals surface area contributed by atoms with Gasteiger partial charge in [-0.3, -0.25) is 4.72 Å². The smallest absolute Gasteiger partial charge is 0.261 e. The molecule has 0 fully saturated rings. The zero-order valence-electron chi connectivity index (χ0n) is 18.5. The van der Waals surface area contributed by atoms with Gasteiger partial charge in [0.05, 0.1) is 17.7 Å². The van der Waals surface area contributed by atoms with Crippen molar-refractivity contribution in [3.05, 3.63) is 83.9 Å². The van der Waals surface area contributed by atoms with E-state index in [4.69, 9.17) is 9.15 Å². The average molecular weight is 525 g/mol. The molecule has 5 rings (SSSR count). The van der Waals surface area contributed by atoms with Crippen molar-refractivity contribution in [1.82, 2.24) is 9.97 Å². The van der Waals surface area contributed by atoms with Crippen LogP contribution in [0.25, 0.3) is 11.1 Å². The Balaban J connectivity index is 1.25. The van der Waals surface area contributed by atoms with E-state index in [0.29, 0.717) is 33.5 Å². The number of nitrogens with one attached hydrogen (secondary N) is 2. The Morgan fingerprint density at radius 2 is 1.80 bits per heavy atom. The summed E-state index contributed by atoms with van der Waals surface area (Å²) in [7, 11) is -2.24. The van der Waals surface area contributed by atoms with Crippen molar-refractivity contribution < 1.29 is 17.6 Å². The molecule has 0 bridgehead atoms. The lowest BCUT2D eigenvalue weighted by Crippen LogP contribution is -2.12. The van der Waals surface area contributed by atoms with Gasteiger partial charge in [-0.25, -0.2) is 18.4 Å². The summed E-state index contributed by atoms with van der Waals surface area (Å²) in [6.07, 6.45) is 0. The second-order valence-corrected chi connectivity index (χ2v) is 10.8. The molecule has 35 heavy (non-hydrogen) atoms. The van der Waals surface area contributed by atoms with E-state index in [1.54, 1.807) is 37.4 Å². The molecule has 0 aliphatic rings. The number of sulfonamides is 1. The first-order chi connectivity index (χ1) is 17.0. The molecule has 11 heteroatoms. The molecule has 0 unspecified atom stereocenters. The summed E-state index contributed by atoms with van der Waals surface area (Å²) in [5, 5.41) is 6.52. The van der Waals surface area contributed by atoms with Crippen LogP contribution in [0.1, 0.15) is 5.69 Å². The summed E-state index contributed by atoms with van der Waals surface area (Å²) in [4.78, 5) is 9.15. The van der Waals surface area contributed by atoms with E-state index in [1.807, 2.05) is 35.7 Å². The van der Waals surface area contributed by atoms with Crippen molar-refractivity contribution in [1.29, 1.82) is 0 Å². The van der Waals surface area contributed by atoms with Crippen LogP contribution in [0.5, 0.6) is 5.75 Å². The van der Waals surface area contributed by atoms with Gasteiger partial charge in [0, 0.05) is 22.5 Å². The number of fused-ring (bicyclic) bond motifs is 1. The van der Waals surface area contributed by atoms with Crippen molar-refractivity contribution in [2.45, 2.75) is 15.9 Å². The fraction of sp³-hybridized carbons (Fsp3) is 0.0833. The summed E-state index contributed by atoms with van der Waals surface area (Å²) in [6.45, 7) is 0. The molecule has 3 aromatic carbocycles. The van der Waals surface area contributed by atoms with Crippen LogP contribution >= 0.6 is 23.1 Å². The number of methoxy groups -OCH3 is 1. The van der Waals surface area contributed by atoms with Crippen molar-refractivity contribution in [2.24, 2.45) is 0 Å². The minimum absolute atomic E-state index is 0.0989. The molecular weight excluding hydrogens is 504 g/mol. The first-order valence-electron chi connectivity index (χ1n) is 10.5. The van der Waals surface area contributed by atoms with Gasteiger partial charge in [-0.1, -0.05) is 30.0 Å². The van der Waals surface area contributed by atoms with Crippen molar-refractivity contribution >= 4 is 60.7 Å². The first-order valence-corrected chi connectivity index (χ1v) is 13.8. The standard InChI is InChI=1S/C24H20N4O4S3/c1-31-19-9-7-17(8-10-19)28-35(29,30)20-11-12-22-21(13-20)27-24(32-22)34-15-18-14-33-23(26-18)25-16-5-3-2-4-6-16/h2-14,28H,15H2,1H3,(H,25,26). The topological polar surface area (TPSA) is 106 Å². The van der Waals surface area contributed by atoms with E-state index in [1.165, 1.54) is 35.2 Å². The van der Waals surface area contributed by atoms with E-state index in [9.17, 15) is 8.42 Å². The Morgan fingerprint density at radius 1 is 1.00 bits per heavy atom. The molecule has 0 aliphatic carbocycles. The van der Waals surface area contributed by atoms with Crippen LogP contribution in [0.2, 0.25) is 0 Å². The Hall–Kier alpha value is -3.54. The van der Waals surface area contributed by atoms with Gasteiger partial charge in [0.15, 0.2) is 10.7 Å². The van der Waals surface area contributed by atoms with Gasteiger partial charge >= 0.3 is 0 Å². The molecule has 5 aromatic rings. The SMILES string of the molecule is COc1ccc(NS(=O)(=O)c2ccc3oc(SCc4csc(Nc5ccccc5)n4)nc3c2)cc1. The molecule has 2 heterocycles. The lowest BCUT2D eigenvalue weighted by molar-refractivity contribution is 0.415. The predicted molar refractivity (Wildman–Crippen MR) is 139 cm³/mol. The number of hydrogen-bond acceptors (Lipinski definition) is 9. The highest BCUT2D eigenvalue weighted by Crippen LogP contribution is 2.30. The Bertz CT molecular complexity index is 1550. The zero-order chi connectivity index (χ0) is 24.3.